The van der Waals surface area contributed by atoms with Crippen molar-refractivity contribution < 1.29 is 13.9 Å². The minimum Gasteiger partial charge on any atom is -0.497 e. The third-order valence-corrected chi connectivity index (χ3v) is 3.67. The fourth-order valence-electron chi connectivity index (χ4n) is 2.35. The lowest BCUT2D eigenvalue weighted by Gasteiger charge is -2.05. The van der Waals surface area contributed by atoms with E-state index in [1.807, 2.05) is 24.3 Å². The summed E-state index contributed by atoms with van der Waals surface area (Å²) in [6, 6.07) is 16.2. The van der Waals surface area contributed by atoms with E-state index in [1.54, 1.807) is 37.4 Å². The van der Waals surface area contributed by atoms with Crippen LogP contribution in [0.1, 0.15) is 17.9 Å². The number of amides is 1. The minimum atomic E-state index is -0.228. The Kier molecular flexibility index (Phi) is 5.25. The molecule has 0 saturated carbocycles. The van der Waals surface area contributed by atoms with Gasteiger partial charge in [0.25, 0.3) is 0 Å². The van der Waals surface area contributed by atoms with Crippen molar-refractivity contribution in [3.8, 4) is 23.3 Å². The molecule has 0 aliphatic heterocycles. The molecule has 2 aromatic carbocycles. The van der Waals surface area contributed by atoms with Crippen molar-refractivity contribution >= 4 is 11.6 Å². The molecule has 1 N–H and O–H groups in total. The van der Waals surface area contributed by atoms with Crippen LogP contribution < -0.4 is 10.1 Å². The van der Waals surface area contributed by atoms with Gasteiger partial charge in [-0.15, -0.1) is 10.2 Å². The van der Waals surface area contributed by atoms with Gasteiger partial charge in [-0.1, -0.05) is 18.2 Å². The standard InChI is InChI=1S/C19H16N4O3/c1-25-15-7-4-6-13(11-15)19-23-22-18(26-19)10-9-17(24)21-16-8-3-2-5-14(16)12-20/h2-8,11H,9-10H2,1H3,(H,21,24). The number of hydrogen-bond donors (Lipinski definition) is 1. The van der Waals surface area contributed by atoms with Crippen LogP contribution in [0.5, 0.6) is 5.75 Å². The van der Waals surface area contributed by atoms with Crippen LogP contribution >= 0.6 is 0 Å². The van der Waals surface area contributed by atoms with Gasteiger partial charge in [0.1, 0.15) is 11.8 Å². The number of nitriles is 1. The molecule has 1 heterocycles. The molecule has 0 bridgehead atoms. The molecule has 0 aliphatic carbocycles. The Hall–Kier alpha value is -3.66. The Balaban J connectivity index is 1.61. The third kappa shape index (κ3) is 4.05. The van der Waals surface area contributed by atoms with E-state index in [9.17, 15) is 4.79 Å². The monoisotopic (exact) mass is 348 g/mol. The highest BCUT2D eigenvalue weighted by Gasteiger charge is 2.12. The number of ether oxygens (including phenoxy) is 1. The molecule has 130 valence electrons. The second-order valence-corrected chi connectivity index (χ2v) is 5.44. The first-order valence-electron chi connectivity index (χ1n) is 7.95. The van der Waals surface area contributed by atoms with Crippen molar-refractivity contribution in [1.82, 2.24) is 10.2 Å². The number of aromatic nitrogens is 2. The number of benzene rings is 2. The lowest BCUT2D eigenvalue weighted by atomic mass is 10.2. The number of para-hydroxylation sites is 1. The summed E-state index contributed by atoms with van der Waals surface area (Å²) < 4.78 is 10.8. The zero-order valence-corrected chi connectivity index (χ0v) is 14.1. The summed E-state index contributed by atoms with van der Waals surface area (Å²) in [6.07, 6.45) is 0.469. The van der Waals surface area contributed by atoms with Crippen LogP contribution in [0.2, 0.25) is 0 Å². The Morgan fingerprint density at radius 2 is 2.08 bits per heavy atom. The number of nitrogens with zero attached hydrogens (tertiary/aromatic N) is 3. The smallest absolute Gasteiger partial charge is 0.247 e. The molecule has 1 aromatic heterocycles. The first kappa shape index (κ1) is 17.2. The Labute approximate surface area is 150 Å². The summed E-state index contributed by atoms with van der Waals surface area (Å²) in [4.78, 5) is 12.1. The highest BCUT2D eigenvalue weighted by molar-refractivity contribution is 5.92. The average molecular weight is 348 g/mol. The average Bonchev–Trinajstić information content (AvgIpc) is 3.16. The van der Waals surface area contributed by atoms with Crippen molar-refractivity contribution in [2.24, 2.45) is 0 Å². The zero-order chi connectivity index (χ0) is 18.4. The molecule has 26 heavy (non-hydrogen) atoms. The van der Waals surface area contributed by atoms with Crippen molar-refractivity contribution in [1.29, 1.82) is 5.26 Å². The van der Waals surface area contributed by atoms with E-state index >= 15 is 0 Å². The minimum absolute atomic E-state index is 0.166. The topological polar surface area (TPSA) is 101 Å². The van der Waals surface area contributed by atoms with E-state index < -0.39 is 0 Å². The third-order valence-electron chi connectivity index (χ3n) is 3.67. The molecule has 1 amide bonds. The maximum Gasteiger partial charge on any atom is 0.247 e. The highest BCUT2D eigenvalue weighted by Crippen LogP contribution is 2.23. The van der Waals surface area contributed by atoms with E-state index in [0.717, 1.165) is 5.56 Å². The molecule has 0 fully saturated rings. The second-order valence-electron chi connectivity index (χ2n) is 5.44. The van der Waals surface area contributed by atoms with Crippen LogP contribution in [0.15, 0.2) is 52.9 Å². The van der Waals surface area contributed by atoms with Crippen molar-refractivity contribution in [3.05, 3.63) is 60.0 Å². The quantitative estimate of drug-likeness (QED) is 0.734. The molecule has 0 saturated heterocycles. The van der Waals surface area contributed by atoms with Gasteiger partial charge in [-0.3, -0.25) is 4.79 Å². The van der Waals surface area contributed by atoms with Crippen LogP contribution in [-0.2, 0) is 11.2 Å². The summed E-state index contributed by atoms with van der Waals surface area (Å²) in [6.45, 7) is 0. The number of carbonyl (C=O) groups is 1. The summed E-state index contributed by atoms with van der Waals surface area (Å²) >= 11 is 0. The van der Waals surface area contributed by atoms with Gasteiger partial charge in [0.15, 0.2) is 0 Å². The first-order valence-corrected chi connectivity index (χ1v) is 7.95. The number of hydrogen-bond acceptors (Lipinski definition) is 6. The zero-order valence-electron chi connectivity index (χ0n) is 14.1. The van der Waals surface area contributed by atoms with Gasteiger partial charge >= 0.3 is 0 Å². The molecule has 3 aromatic rings. The number of carbonyl (C=O) groups excluding carboxylic acids is 1. The van der Waals surface area contributed by atoms with Gasteiger partial charge in [0.2, 0.25) is 17.7 Å². The van der Waals surface area contributed by atoms with Crippen molar-refractivity contribution in [2.75, 3.05) is 12.4 Å². The fraction of sp³-hybridized carbons (Fsp3) is 0.158. The lowest BCUT2D eigenvalue weighted by Crippen LogP contribution is -2.13. The molecule has 7 heteroatoms. The van der Waals surface area contributed by atoms with Crippen LogP contribution in [-0.4, -0.2) is 23.2 Å². The Bertz CT molecular complexity index is 959. The van der Waals surface area contributed by atoms with Gasteiger partial charge in [-0.25, -0.2) is 0 Å². The Morgan fingerprint density at radius 3 is 2.88 bits per heavy atom. The summed E-state index contributed by atoms with van der Waals surface area (Å²) in [5.41, 5.74) is 1.65. The molecule has 0 unspecified atom stereocenters. The molecule has 7 nitrogen and oxygen atoms in total. The molecular formula is C19H16N4O3. The molecule has 0 radical (unpaired) electrons. The van der Waals surface area contributed by atoms with Gasteiger partial charge in [0, 0.05) is 18.4 Å². The fourth-order valence-corrected chi connectivity index (χ4v) is 2.35. The van der Waals surface area contributed by atoms with Crippen LogP contribution in [0.25, 0.3) is 11.5 Å². The van der Waals surface area contributed by atoms with Gasteiger partial charge in [0.05, 0.1) is 18.4 Å². The number of aryl methyl sites for hydroxylation is 1. The van der Waals surface area contributed by atoms with Crippen LogP contribution in [0, 0.1) is 11.3 Å². The van der Waals surface area contributed by atoms with Gasteiger partial charge in [-0.2, -0.15) is 5.26 Å². The molecule has 0 atom stereocenters. The number of anilines is 1. The van der Waals surface area contributed by atoms with E-state index in [1.165, 1.54) is 0 Å². The number of methoxy groups -OCH3 is 1. The van der Waals surface area contributed by atoms with Gasteiger partial charge in [-0.05, 0) is 30.3 Å². The largest absolute Gasteiger partial charge is 0.497 e. The van der Waals surface area contributed by atoms with E-state index in [4.69, 9.17) is 14.4 Å². The molecule has 3 rings (SSSR count). The second kappa shape index (κ2) is 7.94. The molecular weight excluding hydrogens is 332 g/mol. The molecule has 0 spiro atoms. The predicted molar refractivity (Wildman–Crippen MR) is 94.4 cm³/mol. The maximum atomic E-state index is 12.1. The molecule has 0 aliphatic rings. The summed E-state index contributed by atoms with van der Waals surface area (Å²) in [5, 5.41) is 19.7. The predicted octanol–water partition coefficient (Wildman–Crippen LogP) is 3.19. The first-order chi connectivity index (χ1) is 12.7. The SMILES string of the molecule is COc1cccc(-c2nnc(CCC(=O)Nc3ccccc3C#N)o2)c1. The van der Waals surface area contributed by atoms with Crippen LogP contribution in [0.4, 0.5) is 5.69 Å². The van der Waals surface area contributed by atoms with E-state index in [-0.39, 0.29) is 12.3 Å². The van der Waals surface area contributed by atoms with E-state index in [0.29, 0.717) is 35.2 Å². The lowest BCUT2D eigenvalue weighted by molar-refractivity contribution is -0.116. The highest BCUT2D eigenvalue weighted by atomic mass is 16.5. The normalized spacial score (nSPS) is 10.2. The van der Waals surface area contributed by atoms with Crippen molar-refractivity contribution in [2.45, 2.75) is 12.8 Å². The summed E-state index contributed by atoms with van der Waals surface area (Å²) in [7, 11) is 1.58. The maximum absolute atomic E-state index is 12.1. The van der Waals surface area contributed by atoms with Crippen molar-refractivity contribution in [3.63, 3.8) is 0 Å². The van der Waals surface area contributed by atoms with Gasteiger partial charge < -0.3 is 14.5 Å². The number of nitrogens with one attached hydrogen (secondary N) is 1. The van der Waals surface area contributed by atoms with E-state index in [2.05, 4.69) is 15.5 Å². The summed E-state index contributed by atoms with van der Waals surface area (Å²) in [5.74, 6) is 1.20. The van der Waals surface area contributed by atoms with Crippen LogP contribution in [0.3, 0.4) is 0 Å². The number of rotatable bonds is 6. The Morgan fingerprint density at radius 1 is 1.23 bits per heavy atom.